The van der Waals surface area contributed by atoms with E-state index in [4.69, 9.17) is 0 Å². The molecule has 140 valence electrons. The van der Waals surface area contributed by atoms with Crippen LogP contribution in [0.15, 0.2) is 30.3 Å². The van der Waals surface area contributed by atoms with Crippen LogP contribution in [-0.2, 0) is 4.79 Å². The summed E-state index contributed by atoms with van der Waals surface area (Å²) in [7, 11) is 0. The monoisotopic (exact) mass is 343 g/mol. The second-order valence-corrected chi connectivity index (χ2v) is 7.80. The fourth-order valence-electron chi connectivity index (χ4n) is 3.24. The Morgan fingerprint density at radius 3 is 2.36 bits per heavy atom. The highest BCUT2D eigenvalue weighted by atomic mass is 16.1. The number of hydrogen-bond acceptors (Lipinski definition) is 1. The molecule has 0 radical (unpaired) electrons. The van der Waals surface area contributed by atoms with E-state index in [1.807, 2.05) is 18.2 Å². The molecule has 2 nitrogen and oxygen atoms in total. The lowest BCUT2D eigenvalue weighted by Gasteiger charge is -2.26. The first-order valence-corrected chi connectivity index (χ1v) is 9.90. The van der Waals surface area contributed by atoms with Crippen LogP contribution < -0.4 is 5.32 Å². The molecule has 0 aliphatic carbocycles. The topological polar surface area (TPSA) is 29.1 Å². The van der Waals surface area contributed by atoms with Gasteiger partial charge in [0.15, 0.2) is 0 Å². The van der Waals surface area contributed by atoms with Crippen molar-refractivity contribution in [2.45, 2.75) is 73.3 Å². The second kappa shape index (κ2) is 11.1. The summed E-state index contributed by atoms with van der Waals surface area (Å²) in [5.74, 6) is 2.11. The molecule has 0 heterocycles. The van der Waals surface area contributed by atoms with Crippen molar-refractivity contribution in [3.05, 3.63) is 41.5 Å². The maximum absolute atomic E-state index is 12.2. The Labute approximate surface area is 155 Å². The van der Waals surface area contributed by atoms with Crippen LogP contribution in [0, 0.1) is 24.7 Å². The number of hydrogen-bond donors (Lipinski definition) is 1. The maximum Gasteiger partial charge on any atom is 0.244 e. The number of carbonyl (C=O) groups is 1. The summed E-state index contributed by atoms with van der Waals surface area (Å²) < 4.78 is 0. The number of aryl methyl sites for hydroxylation is 1. The molecule has 0 saturated heterocycles. The molecule has 1 rings (SSSR count). The van der Waals surface area contributed by atoms with E-state index in [0.29, 0.717) is 11.8 Å². The van der Waals surface area contributed by atoms with Crippen molar-refractivity contribution in [1.82, 2.24) is 5.32 Å². The van der Waals surface area contributed by atoms with E-state index in [0.717, 1.165) is 24.3 Å². The molecule has 25 heavy (non-hydrogen) atoms. The molecule has 2 unspecified atom stereocenters. The van der Waals surface area contributed by atoms with Gasteiger partial charge in [-0.15, -0.1) is 0 Å². The number of nitrogens with one attached hydrogen (secondary N) is 1. The van der Waals surface area contributed by atoms with E-state index >= 15 is 0 Å². The first-order valence-electron chi connectivity index (χ1n) is 9.90. The Morgan fingerprint density at radius 2 is 1.76 bits per heavy atom. The van der Waals surface area contributed by atoms with Crippen molar-refractivity contribution in [3.8, 4) is 0 Å². The standard InChI is InChI=1S/C23H37NO/c1-7-17(3)14-19(5)20(6)16-22(8-2)24-23(25)13-12-21-11-9-10-18(4)15-21/h9-13,15,17,19-20,22H,7-8,14,16H2,1-6H3,(H,24,25)/b13-12-/t17?,19?,20-,22-/m0/s1. The molecule has 2 heteroatoms. The van der Waals surface area contributed by atoms with E-state index in [-0.39, 0.29) is 11.9 Å². The zero-order chi connectivity index (χ0) is 18.8. The Bertz CT molecular complexity index is 549. The van der Waals surface area contributed by atoms with Crippen molar-refractivity contribution in [3.63, 3.8) is 0 Å². The highest BCUT2D eigenvalue weighted by Crippen LogP contribution is 2.25. The van der Waals surface area contributed by atoms with Gasteiger partial charge >= 0.3 is 0 Å². The zero-order valence-corrected chi connectivity index (χ0v) is 17.0. The summed E-state index contributed by atoms with van der Waals surface area (Å²) in [5, 5.41) is 3.18. The highest BCUT2D eigenvalue weighted by molar-refractivity contribution is 5.91. The molecule has 1 aromatic carbocycles. The lowest BCUT2D eigenvalue weighted by atomic mass is 9.83. The molecule has 0 saturated carbocycles. The van der Waals surface area contributed by atoms with Gasteiger partial charge in [-0.25, -0.2) is 0 Å². The molecule has 4 atom stereocenters. The minimum atomic E-state index is 0.00938. The SMILES string of the molecule is CCC(C)CC(C)[C@@H](C)C[C@H](CC)NC(=O)/C=C\c1cccc(C)c1. The van der Waals surface area contributed by atoms with Gasteiger partial charge in [-0.05, 0) is 55.6 Å². The minimum Gasteiger partial charge on any atom is -0.350 e. The molecule has 1 N–H and O–H groups in total. The summed E-state index contributed by atoms with van der Waals surface area (Å²) in [6, 6.07) is 8.44. The fraction of sp³-hybridized carbons (Fsp3) is 0.609. The fourth-order valence-corrected chi connectivity index (χ4v) is 3.24. The quantitative estimate of drug-likeness (QED) is 0.518. The summed E-state index contributed by atoms with van der Waals surface area (Å²) in [6.07, 6.45) is 8.10. The number of rotatable bonds is 10. The van der Waals surface area contributed by atoms with Crippen LogP contribution in [0.5, 0.6) is 0 Å². The Hall–Kier alpha value is -1.57. The van der Waals surface area contributed by atoms with Gasteiger partial charge < -0.3 is 5.32 Å². The second-order valence-electron chi connectivity index (χ2n) is 7.80. The van der Waals surface area contributed by atoms with Gasteiger partial charge in [0.1, 0.15) is 0 Å². The number of benzene rings is 1. The smallest absolute Gasteiger partial charge is 0.244 e. The van der Waals surface area contributed by atoms with Gasteiger partial charge in [0.05, 0.1) is 0 Å². The molecule has 0 spiro atoms. The van der Waals surface area contributed by atoms with Crippen LogP contribution in [0.4, 0.5) is 0 Å². The predicted molar refractivity (Wildman–Crippen MR) is 109 cm³/mol. The van der Waals surface area contributed by atoms with Gasteiger partial charge in [0.2, 0.25) is 5.91 Å². The van der Waals surface area contributed by atoms with Crippen molar-refractivity contribution in [2.24, 2.45) is 17.8 Å². The molecule has 0 aliphatic heterocycles. The van der Waals surface area contributed by atoms with Gasteiger partial charge in [-0.1, -0.05) is 70.9 Å². The third-order valence-electron chi connectivity index (χ3n) is 5.41. The van der Waals surface area contributed by atoms with Gasteiger partial charge in [0.25, 0.3) is 0 Å². The van der Waals surface area contributed by atoms with E-state index in [1.165, 1.54) is 18.4 Å². The predicted octanol–water partition coefficient (Wildman–Crippen LogP) is 6.00. The Kier molecular flexibility index (Phi) is 9.55. The molecule has 0 aromatic heterocycles. The Balaban J connectivity index is 2.52. The molecule has 0 bridgehead atoms. The summed E-state index contributed by atoms with van der Waals surface area (Å²) in [5.41, 5.74) is 2.27. The van der Waals surface area contributed by atoms with E-state index in [1.54, 1.807) is 6.08 Å². The lowest BCUT2D eigenvalue weighted by molar-refractivity contribution is -0.117. The van der Waals surface area contributed by atoms with Gasteiger partial charge in [-0.2, -0.15) is 0 Å². The largest absolute Gasteiger partial charge is 0.350 e. The third kappa shape index (κ3) is 8.38. The number of amides is 1. The third-order valence-corrected chi connectivity index (χ3v) is 5.41. The van der Waals surface area contributed by atoms with Crippen LogP contribution in [-0.4, -0.2) is 11.9 Å². The maximum atomic E-state index is 12.2. The molecular weight excluding hydrogens is 306 g/mol. The minimum absolute atomic E-state index is 0.00938. The first kappa shape index (κ1) is 21.5. The Morgan fingerprint density at radius 1 is 1.08 bits per heavy atom. The van der Waals surface area contributed by atoms with E-state index < -0.39 is 0 Å². The van der Waals surface area contributed by atoms with E-state index in [2.05, 4.69) is 59.0 Å². The highest BCUT2D eigenvalue weighted by Gasteiger charge is 2.19. The van der Waals surface area contributed by atoms with Crippen LogP contribution in [0.2, 0.25) is 0 Å². The lowest BCUT2D eigenvalue weighted by Crippen LogP contribution is -2.35. The van der Waals surface area contributed by atoms with Crippen molar-refractivity contribution >= 4 is 12.0 Å². The van der Waals surface area contributed by atoms with Crippen molar-refractivity contribution in [2.75, 3.05) is 0 Å². The van der Waals surface area contributed by atoms with Crippen LogP contribution >= 0.6 is 0 Å². The summed E-state index contributed by atoms with van der Waals surface area (Å²) in [6.45, 7) is 13.5. The van der Waals surface area contributed by atoms with Crippen molar-refractivity contribution in [1.29, 1.82) is 0 Å². The molecule has 1 amide bonds. The number of carbonyl (C=O) groups excluding carboxylic acids is 1. The van der Waals surface area contributed by atoms with Gasteiger partial charge in [-0.3, -0.25) is 4.79 Å². The zero-order valence-electron chi connectivity index (χ0n) is 17.0. The average molecular weight is 344 g/mol. The molecule has 0 aliphatic rings. The average Bonchev–Trinajstić information content (AvgIpc) is 2.59. The van der Waals surface area contributed by atoms with Crippen LogP contribution in [0.3, 0.4) is 0 Å². The molecular formula is C23H37NO. The van der Waals surface area contributed by atoms with E-state index in [9.17, 15) is 4.79 Å². The first-order chi connectivity index (χ1) is 11.8. The van der Waals surface area contributed by atoms with Crippen LogP contribution in [0.1, 0.15) is 71.4 Å². The molecule has 0 fully saturated rings. The summed E-state index contributed by atoms with van der Waals surface area (Å²) >= 11 is 0. The van der Waals surface area contributed by atoms with Gasteiger partial charge in [0, 0.05) is 12.1 Å². The van der Waals surface area contributed by atoms with Crippen LogP contribution in [0.25, 0.3) is 6.08 Å². The normalized spacial score (nSPS) is 16.4. The van der Waals surface area contributed by atoms with Crippen molar-refractivity contribution < 1.29 is 4.79 Å². The molecule has 1 aromatic rings. The summed E-state index contributed by atoms with van der Waals surface area (Å²) in [4.78, 5) is 12.2.